The molecule has 106 valence electrons. The first-order valence-electron chi connectivity index (χ1n) is 7.36. The minimum atomic E-state index is 0.361. The maximum atomic E-state index is 4.61. The van der Waals surface area contributed by atoms with Crippen LogP contribution in [0.4, 0.5) is 0 Å². The predicted molar refractivity (Wildman–Crippen MR) is 87.2 cm³/mol. The van der Waals surface area contributed by atoms with Gasteiger partial charge in [0.2, 0.25) is 0 Å². The average molecular weight is 268 g/mol. The Balaban J connectivity index is 2.23. The van der Waals surface area contributed by atoms with Crippen molar-refractivity contribution >= 4 is 10.9 Å². The number of benzene rings is 1. The Morgan fingerprint density at radius 2 is 2.15 bits per heavy atom. The van der Waals surface area contributed by atoms with Crippen molar-refractivity contribution in [2.45, 2.75) is 33.1 Å². The summed E-state index contributed by atoms with van der Waals surface area (Å²) in [5.74, 6) is 0.361. The van der Waals surface area contributed by atoms with E-state index in [9.17, 15) is 0 Å². The van der Waals surface area contributed by atoms with Crippen LogP contribution in [0.1, 0.15) is 37.8 Å². The van der Waals surface area contributed by atoms with E-state index in [0.717, 1.165) is 25.0 Å². The maximum Gasteiger partial charge on any atom is 0.0704 e. The Labute approximate surface area is 121 Å². The molecular weight excluding hydrogens is 244 g/mol. The van der Waals surface area contributed by atoms with Crippen LogP contribution in [-0.2, 0) is 6.42 Å². The first-order valence-corrected chi connectivity index (χ1v) is 7.36. The van der Waals surface area contributed by atoms with Gasteiger partial charge in [0.15, 0.2) is 0 Å². The number of aromatic nitrogens is 1. The lowest BCUT2D eigenvalue weighted by Crippen LogP contribution is -2.15. The number of rotatable bonds is 6. The van der Waals surface area contributed by atoms with Gasteiger partial charge < -0.3 is 5.32 Å². The quantitative estimate of drug-likeness (QED) is 0.631. The molecule has 0 spiro atoms. The molecule has 0 aliphatic heterocycles. The molecule has 2 aromatic rings. The second-order valence-corrected chi connectivity index (χ2v) is 5.47. The van der Waals surface area contributed by atoms with Gasteiger partial charge in [0.1, 0.15) is 0 Å². The molecule has 1 aromatic heterocycles. The first-order chi connectivity index (χ1) is 9.61. The second-order valence-electron chi connectivity index (χ2n) is 5.47. The highest BCUT2D eigenvalue weighted by Crippen LogP contribution is 2.24. The van der Waals surface area contributed by atoms with Crippen LogP contribution in [0.2, 0.25) is 0 Å². The van der Waals surface area contributed by atoms with Gasteiger partial charge in [-0.1, -0.05) is 38.1 Å². The third-order valence-electron chi connectivity index (χ3n) is 3.85. The van der Waals surface area contributed by atoms with Gasteiger partial charge in [0.25, 0.3) is 0 Å². The molecule has 2 rings (SSSR count). The van der Waals surface area contributed by atoms with E-state index in [0.29, 0.717) is 5.92 Å². The first kappa shape index (κ1) is 14.7. The van der Waals surface area contributed by atoms with Crippen LogP contribution >= 0.6 is 0 Å². The maximum absolute atomic E-state index is 4.61. The van der Waals surface area contributed by atoms with Gasteiger partial charge in [-0.25, -0.2) is 0 Å². The zero-order valence-electron chi connectivity index (χ0n) is 12.7. The number of hydrogen-bond acceptors (Lipinski definition) is 2. The fourth-order valence-electron chi connectivity index (χ4n) is 2.27. The van der Waals surface area contributed by atoms with Crippen LogP contribution in [0.15, 0.2) is 42.6 Å². The molecule has 2 heteroatoms. The van der Waals surface area contributed by atoms with Gasteiger partial charge in [-0.3, -0.25) is 4.98 Å². The minimum Gasteiger partial charge on any atom is -0.317 e. The molecule has 0 saturated heterocycles. The lowest BCUT2D eigenvalue weighted by Gasteiger charge is -2.12. The van der Waals surface area contributed by atoms with Crippen molar-refractivity contribution < 1.29 is 0 Å². The van der Waals surface area contributed by atoms with E-state index in [1.54, 1.807) is 0 Å². The zero-order chi connectivity index (χ0) is 14.5. The number of nitrogens with one attached hydrogen (secondary N) is 1. The van der Waals surface area contributed by atoms with E-state index in [4.69, 9.17) is 0 Å². The summed E-state index contributed by atoms with van der Waals surface area (Å²) in [6.45, 7) is 12.5. The molecule has 1 unspecified atom stereocenters. The molecule has 1 N–H and O–H groups in total. The fraction of sp³-hybridized carbons (Fsp3) is 0.389. The van der Waals surface area contributed by atoms with Crippen molar-refractivity contribution in [1.82, 2.24) is 10.3 Å². The van der Waals surface area contributed by atoms with Crippen molar-refractivity contribution in [3.8, 4) is 0 Å². The Morgan fingerprint density at radius 3 is 2.85 bits per heavy atom. The summed E-state index contributed by atoms with van der Waals surface area (Å²) >= 11 is 0. The molecule has 0 aliphatic carbocycles. The third-order valence-corrected chi connectivity index (χ3v) is 3.85. The summed E-state index contributed by atoms with van der Waals surface area (Å²) in [6, 6.07) is 8.81. The Kier molecular flexibility index (Phi) is 4.91. The highest BCUT2D eigenvalue weighted by molar-refractivity contribution is 5.79. The van der Waals surface area contributed by atoms with Crippen LogP contribution in [0.3, 0.4) is 0 Å². The molecule has 1 aromatic carbocycles. The number of fused-ring (bicyclic) bond motifs is 1. The molecule has 20 heavy (non-hydrogen) atoms. The summed E-state index contributed by atoms with van der Waals surface area (Å²) in [5.41, 5.74) is 4.84. The molecular formula is C18H24N2. The van der Waals surface area contributed by atoms with E-state index >= 15 is 0 Å². The molecule has 0 aliphatic rings. The van der Waals surface area contributed by atoms with E-state index in [1.165, 1.54) is 22.1 Å². The van der Waals surface area contributed by atoms with E-state index in [1.807, 2.05) is 6.20 Å². The van der Waals surface area contributed by atoms with Gasteiger partial charge in [-0.15, -0.1) is 0 Å². The second kappa shape index (κ2) is 6.67. The van der Waals surface area contributed by atoms with Gasteiger partial charge in [0.05, 0.1) is 5.52 Å². The number of hydrogen-bond donors (Lipinski definition) is 1. The molecule has 0 fully saturated rings. The lowest BCUT2D eigenvalue weighted by molar-refractivity contribution is 0.717. The summed E-state index contributed by atoms with van der Waals surface area (Å²) in [6.07, 6.45) is 3.03. The summed E-state index contributed by atoms with van der Waals surface area (Å²) in [4.78, 5) is 4.61. The van der Waals surface area contributed by atoms with Gasteiger partial charge in [-0.2, -0.15) is 0 Å². The third kappa shape index (κ3) is 3.45. The van der Waals surface area contributed by atoms with Crippen molar-refractivity contribution in [3.05, 3.63) is 53.7 Å². The largest absolute Gasteiger partial charge is 0.317 e. The van der Waals surface area contributed by atoms with Crippen molar-refractivity contribution in [1.29, 1.82) is 0 Å². The molecule has 0 amide bonds. The van der Waals surface area contributed by atoms with Crippen LogP contribution in [0.25, 0.3) is 10.9 Å². The molecule has 1 heterocycles. The zero-order valence-corrected chi connectivity index (χ0v) is 12.7. The number of allylic oxidation sites excluding steroid dienone is 1. The van der Waals surface area contributed by atoms with Crippen LogP contribution in [0.5, 0.6) is 0 Å². The monoisotopic (exact) mass is 268 g/mol. The summed E-state index contributed by atoms with van der Waals surface area (Å²) < 4.78 is 0. The standard InChI is InChI=1S/C18H24N2/c1-5-19-9-8-15-6-7-16-11-17(14(4)13(2)3)12-20-18(16)10-15/h6-7,10-12,14,19H,2,5,8-9H2,1,3-4H3. The van der Waals surface area contributed by atoms with Crippen LogP contribution in [-0.4, -0.2) is 18.1 Å². The molecule has 0 saturated carbocycles. The van der Waals surface area contributed by atoms with Crippen LogP contribution in [0, 0.1) is 0 Å². The fourth-order valence-corrected chi connectivity index (χ4v) is 2.27. The lowest BCUT2D eigenvalue weighted by atomic mass is 9.95. The predicted octanol–water partition coefficient (Wildman–Crippen LogP) is 4.07. The SMILES string of the molecule is C=C(C)C(C)c1cnc2cc(CCNCC)ccc2c1. The van der Waals surface area contributed by atoms with Crippen molar-refractivity contribution in [2.24, 2.45) is 0 Å². The summed E-state index contributed by atoms with van der Waals surface area (Å²) in [5, 5.41) is 4.56. The Bertz CT molecular complexity index is 601. The number of pyridine rings is 1. The number of nitrogens with zero attached hydrogens (tertiary/aromatic N) is 1. The van der Waals surface area contributed by atoms with Crippen molar-refractivity contribution in [3.63, 3.8) is 0 Å². The molecule has 1 atom stereocenters. The summed E-state index contributed by atoms with van der Waals surface area (Å²) in [7, 11) is 0. The minimum absolute atomic E-state index is 0.361. The normalized spacial score (nSPS) is 12.6. The van der Waals surface area contributed by atoms with E-state index < -0.39 is 0 Å². The Morgan fingerprint density at radius 1 is 1.35 bits per heavy atom. The number of likely N-dealkylation sites (N-methyl/N-ethyl adjacent to an activating group) is 1. The molecule has 0 bridgehead atoms. The Hall–Kier alpha value is -1.67. The van der Waals surface area contributed by atoms with E-state index in [-0.39, 0.29) is 0 Å². The van der Waals surface area contributed by atoms with Gasteiger partial charge in [-0.05, 0) is 49.7 Å². The average Bonchev–Trinajstić information content (AvgIpc) is 2.46. The molecule has 2 nitrogen and oxygen atoms in total. The van der Waals surface area contributed by atoms with Crippen molar-refractivity contribution in [2.75, 3.05) is 13.1 Å². The van der Waals surface area contributed by atoms with Gasteiger partial charge >= 0.3 is 0 Å². The van der Waals surface area contributed by atoms with Gasteiger partial charge in [0, 0.05) is 17.5 Å². The smallest absolute Gasteiger partial charge is 0.0704 e. The van der Waals surface area contributed by atoms with E-state index in [2.05, 4.69) is 61.9 Å². The highest BCUT2D eigenvalue weighted by Gasteiger charge is 2.07. The topological polar surface area (TPSA) is 24.9 Å². The molecule has 0 radical (unpaired) electrons. The highest BCUT2D eigenvalue weighted by atomic mass is 14.8. The van der Waals surface area contributed by atoms with Crippen LogP contribution < -0.4 is 5.32 Å².